The van der Waals surface area contributed by atoms with Crippen molar-refractivity contribution in [3.63, 3.8) is 0 Å². The molecule has 0 unspecified atom stereocenters. The number of aromatic nitrogens is 3. The Morgan fingerprint density at radius 2 is 1.76 bits per heavy atom. The summed E-state index contributed by atoms with van der Waals surface area (Å²) in [5, 5.41) is 29.8. The lowest BCUT2D eigenvalue weighted by Gasteiger charge is -2.13. The molecular weight excluding hydrogens is 440 g/mol. The molecule has 0 aliphatic rings. The van der Waals surface area contributed by atoms with Gasteiger partial charge in [-0.25, -0.2) is 17.4 Å². The van der Waals surface area contributed by atoms with Crippen LogP contribution in [0.1, 0.15) is 36.4 Å². The van der Waals surface area contributed by atoms with E-state index in [2.05, 4.69) is 4.98 Å². The van der Waals surface area contributed by atoms with Gasteiger partial charge < -0.3 is 10.3 Å². The van der Waals surface area contributed by atoms with Gasteiger partial charge in [0.2, 0.25) is 5.88 Å². The number of aryl methyl sites for hydroxylation is 1. The van der Waals surface area contributed by atoms with Crippen molar-refractivity contribution < 1.29 is 18.7 Å². The van der Waals surface area contributed by atoms with E-state index in [4.69, 9.17) is 5.41 Å². The van der Waals surface area contributed by atoms with Crippen molar-refractivity contribution in [3.05, 3.63) is 82.7 Å². The van der Waals surface area contributed by atoms with E-state index in [9.17, 15) is 18.7 Å². The van der Waals surface area contributed by atoms with Crippen molar-refractivity contribution in [1.29, 1.82) is 5.41 Å². The van der Waals surface area contributed by atoms with Gasteiger partial charge in [0.25, 0.3) is 10.0 Å². The number of nitrogens with one attached hydrogen (secondary N) is 1. The summed E-state index contributed by atoms with van der Waals surface area (Å²) >= 11 is 0. The molecule has 0 saturated heterocycles. The predicted molar refractivity (Wildman–Crippen MR) is 124 cm³/mol. The normalized spacial score (nSPS) is 12.0. The van der Waals surface area contributed by atoms with Crippen molar-refractivity contribution in [1.82, 2.24) is 13.7 Å². The molecule has 3 N–H and O–H groups in total. The van der Waals surface area contributed by atoms with Crippen LogP contribution in [0.5, 0.6) is 5.88 Å². The van der Waals surface area contributed by atoms with E-state index in [1.165, 1.54) is 10.2 Å². The lowest BCUT2D eigenvalue weighted by Crippen LogP contribution is -2.27. The summed E-state index contributed by atoms with van der Waals surface area (Å²) in [5.74, 6) is -0.195. The SMILES string of the molecule is Cc1ccc(S(=O)(=O)n2cc(Cc3nc(O)c(CC(C)C)n(O)c3=N)c3ccccc32)cc1. The van der Waals surface area contributed by atoms with Crippen molar-refractivity contribution in [3.8, 4) is 5.88 Å². The molecule has 0 saturated carbocycles. The largest absolute Gasteiger partial charge is 0.492 e. The minimum atomic E-state index is -3.86. The molecule has 8 nitrogen and oxygen atoms in total. The zero-order chi connectivity index (χ0) is 23.9. The maximum Gasteiger partial charge on any atom is 0.268 e. The molecule has 2 aromatic heterocycles. The van der Waals surface area contributed by atoms with E-state index >= 15 is 0 Å². The standard InChI is InChI=1S/C24H26N4O4S/c1-15(2)12-22-24(29)26-20(23(25)28(22)30)13-17-14-27(21-7-5-4-6-19(17)21)33(31,32)18-10-8-16(3)9-11-18/h4-11,14-15,25,29-30H,12-13H2,1-3H3. The fourth-order valence-corrected chi connectivity index (χ4v) is 5.24. The molecule has 0 atom stereocenters. The van der Waals surface area contributed by atoms with Crippen molar-refractivity contribution in [2.24, 2.45) is 5.92 Å². The molecule has 4 rings (SSSR count). The zero-order valence-electron chi connectivity index (χ0n) is 18.6. The van der Waals surface area contributed by atoms with Crippen molar-refractivity contribution in [2.75, 3.05) is 0 Å². The van der Waals surface area contributed by atoms with E-state index in [0.717, 1.165) is 5.56 Å². The molecule has 9 heteroatoms. The lowest BCUT2D eigenvalue weighted by molar-refractivity contribution is 0.151. The maximum atomic E-state index is 13.4. The number of para-hydroxylation sites is 1. The Kier molecular flexibility index (Phi) is 5.75. The van der Waals surface area contributed by atoms with Gasteiger partial charge in [-0.05, 0) is 43.0 Å². The molecule has 0 aliphatic heterocycles. The number of hydrogen-bond donors (Lipinski definition) is 3. The zero-order valence-corrected chi connectivity index (χ0v) is 19.5. The van der Waals surface area contributed by atoms with Crippen LogP contribution in [0.2, 0.25) is 0 Å². The highest BCUT2D eigenvalue weighted by Crippen LogP contribution is 2.28. The molecule has 172 valence electrons. The number of fused-ring (bicyclic) bond motifs is 1. The van der Waals surface area contributed by atoms with Gasteiger partial charge in [-0.2, -0.15) is 4.73 Å². The maximum absolute atomic E-state index is 13.4. The Balaban J connectivity index is 1.83. The van der Waals surface area contributed by atoms with Gasteiger partial charge in [-0.3, -0.25) is 5.41 Å². The topological polar surface area (TPSA) is 121 Å². The van der Waals surface area contributed by atoms with Crippen molar-refractivity contribution >= 4 is 20.9 Å². The van der Waals surface area contributed by atoms with Crippen LogP contribution in [0.15, 0.2) is 59.6 Å². The van der Waals surface area contributed by atoms with Gasteiger partial charge in [0, 0.05) is 18.0 Å². The van der Waals surface area contributed by atoms with E-state index in [1.807, 2.05) is 20.8 Å². The Morgan fingerprint density at radius 3 is 2.42 bits per heavy atom. The highest BCUT2D eigenvalue weighted by molar-refractivity contribution is 7.90. The molecule has 0 spiro atoms. The van der Waals surface area contributed by atoms with Crippen LogP contribution in [-0.4, -0.2) is 32.4 Å². The third kappa shape index (κ3) is 4.11. The van der Waals surface area contributed by atoms with E-state index in [-0.39, 0.29) is 40.0 Å². The van der Waals surface area contributed by atoms with Crippen LogP contribution < -0.4 is 5.49 Å². The van der Waals surface area contributed by atoms with Crippen LogP contribution in [0.25, 0.3) is 10.9 Å². The molecular formula is C24H26N4O4S. The average molecular weight is 467 g/mol. The van der Waals surface area contributed by atoms with Crippen LogP contribution in [0.4, 0.5) is 0 Å². The Bertz CT molecular complexity index is 1500. The monoisotopic (exact) mass is 466 g/mol. The average Bonchev–Trinajstić information content (AvgIpc) is 3.14. The summed E-state index contributed by atoms with van der Waals surface area (Å²) in [7, 11) is -3.86. The summed E-state index contributed by atoms with van der Waals surface area (Å²) in [6.45, 7) is 5.75. The first-order chi connectivity index (χ1) is 15.6. The second-order valence-corrected chi connectivity index (χ2v) is 10.4. The highest BCUT2D eigenvalue weighted by Gasteiger charge is 2.22. The summed E-state index contributed by atoms with van der Waals surface area (Å²) in [4.78, 5) is 4.33. The van der Waals surface area contributed by atoms with E-state index in [1.54, 1.807) is 48.5 Å². The van der Waals surface area contributed by atoms with Gasteiger partial charge in [0.15, 0.2) is 5.49 Å². The predicted octanol–water partition coefficient (Wildman–Crippen LogP) is 3.59. The van der Waals surface area contributed by atoms with Gasteiger partial charge >= 0.3 is 0 Å². The van der Waals surface area contributed by atoms with Crippen molar-refractivity contribution in [2.45, 2.75) is 38.5 Å². The molecule has 2 heterocycles. The fourth-order valence-electron chi connectivity index (χ4n) is 3.85. The third-order valence-corrected chi connectivity index (χ3v) is 7.23. The molecule has 0 amide bonds. The minimum Gasteiger partial charge on any atom is -0.492 e. The third-order valence-electron chi connectivity index (χ3n) is 5.54. The summed E-state index contributed by atoms with van der Waals surface area (Å²) in [5.41, 5.74) is 2.12. The molecule has 0 fully saturated rings. The highest BCUT2D eigenvalue weighted by atomic mass is 32.2. The number of rotatable bonds is 6. The quantitative estimate of drug-likeness (QED) is 0.375. The van der Waals surface area contributed by atoms with Crippen LogP contribution in [-0.2, 0) is 22.9 Å². The lowest BCUT2D eigenvalue weighted by atomic mass is 10.1. The molecule has 0 radical (unpaired) electrons. The van der Waals surface area contributed by atoms with Gasteiger partial charge in [0.05, 0.1) is 16.1 Å². The number of nitrogens with zero attached hydrogens (tertiary/aromatic N) is 3. The van der Waals surface area contributed by atoms with Gasteiger partial charge in [-0.15, -0.1) is 0 Å². The van der Waals surface area contributed by atoms with Gasteiger partial charge in [-0.1, -0.05) is 49.7 Å². The van der Waals surface area contributed by atoms with E-state index in [0.29, 0.717) is 27.6 Å². The fraction of sp³-hybridized carbons (Fsp3) is 0.250. The molecule has 0 bridgehead atoms. The number of hydrogen-bond acceptors (Lipinski definition) is 6. The van der Waals surface area contributed by atoms with E-state index < -0.39 is 10.0 Å². The minimum absolute atomic E-state index is 0.0614. The Hall–Kier alpha value is -3.59. The Morgan fingerprint density at radius 1 is 1.09 bits per heavy atom. The molecule has 4 aromatic rings. The first-order valence-corrected chi connectivity index (χ1v) is 12.0. The second kappa shape index (κ2) is 8.40. The molecule has 2 aromatic carbocycles. The summed E-state index contributed by atoms with van der Waals surface area (Å²) < 4.78 is 28.6. The smallest absolute Gasteiger partial charge is 0.268 e. The van der Waals surface area contributed by atoms with Crippen LogP contribution in [0.3, 0.4) is 0 Å². The van der Waals surface area contributed by atoms with Crippen LogP contribution in [0, 0.1) is 18.3 Å². The molecule has 33 heavy (non-hydrogen) atoms. The van der Waals surface area contributed by atoms with Crippen LogP contribution >= 0.6 is 0 Å². The number of benzene rings is 2. The summed E-state index contributed by atoms with van der Waals surface area (Å²) in [6, 6.07) is 13.7. The Labute approximate surface area is 191 Å². The first kappa shape index (κ1) is 22.6. The van der Waals surface area contributed by atoms with Gasteiger partial charge in [0.1, 0.15) is 5.69 Å². The second-order valence-electron chi connectivity index (χ2n) is 8.55. The summed E-state index contributed by atoms with van der Waals surface area (Å²) in [6.07, 6.45) is 1.93. The molecule has 0 aliphatic carbocycles. The first-order valence-electron chi connectivity index (χ1n) is 10.6. The number of aromatic hydroxyl groups is 1.